The molecule has 0 aromatic heterocycles. The minimum absolute atomic E-state index is 0.161. The molecule has 8 heteroatoms. The smallest absolute Gasteiger partial charge is 0.387 e. The van der Waals surface area contributed by atoms with Gasteiger partial charge >= 0.3 is 6.61 Å². The van der Waals surface area contributed by atoms with Crippen molar-refractivity contribution in [1.29, 1.82) is 0 Å². The van der Waals surface area contributed by atoms with Crippen LogP contribution in [0.4, 0.5) is 8.78 Å². The van der Waals surface area contributed by atoms with Gasteiger partial charge in [-0.1, -0.05) is 18.2 Å². The number of aliphatic imine (C=N–C) groups is 1. The third-order valence-electron chi connectivity index (χ3n) is 3.30. The molecule has 0 saturated heterocycles. The molecule has 0 spiro atoms. The van der Waals surface area contributed by atoms with Crippen molar-refractivity contribution in [3.8, 4) is 5.75 Å². The first-order valence-electron chi connectivity index (χ1n) is 8.21. The Morgan fingerprint density at radius 2 is 1.92 bits per heavy atom. The minimum Gasteiger partial charge on any atom is -0.434 e. The van der Waals surface area contributed by atoms with Gasteiger partial charge in [0, 0.05) is 39.4 Å². The molecular formula is C17H27F2N3O3. The summed E-state index contributed by atoms with van der Waals surface area (Å²) in [5.74, 6) is 0.765. The summed E-state index contributed by atoms with van der Waals surface area (Å²) in [6.07, 6.45) is 1.86. The molecule has 1 aromatic carbocycles. The first kappa shape index (κ1) is 21.1. The molecule has 0 aliphatic rings. The largest absolute Gasteiger partial charge is 0.434 e. The number of nitrogens with one attached hydrogen (secondary N) is 2. The highest BCUT2D eigenvalue weighted by atomic mass is 19.3. The molecule has 0 aliphatic heterocycles. The lowest BCUT2D eigenvalue weighted by molar-refractivity contribution is -0.0504. The Kier molecular flexibility index (Phi) is 11.3. The Morgan fingerprint density at radius 1 is 1.12 bits per heavy atom. The molecule has 0 heterocycles. The highest BCUT2D eigenvalue weighted by molar-refractivity contribution is 5.79. The molecule has 0 aliphatic carbocycles. The van der Waals surface area contributed by atoms with Gasteiger partial charge in [-0.05, 0) is 18.9 Å². The van der Waals surface area contributed by atoms with Crippen molar-refractivity contribution < 1.29 is 23.0 Å². The number of unbranched alkanes of at least 4 members (excludes halogenated alkanes) is 1. The van der Waals surface area contributed by atoms with Crippen LogP contribution in [0.5, 0.6) is 5.75 Å². The number of methoxy groups -OCH3 is 1. The molecular weight excluding hydrogens is 332 g/mol. The molecule has 0 unspecified atom stereocenters. The minimum atomic E-state index is -2.84. The fraction of sp³-hybridized carbons (Fsp3) is 0.588. The van der Waals surface area contributed by atoms with Gasteiger partial charge < -0.3 is 24.8 Å². The van der Waals surface area contributed by atoms with E-state index in [0.717, 1.165) is 19.4 Å². The zero-order chi connectivity index (χ0) is 18.3. The molecule has 6 nitrogen and oxygen atoms in total. The Morgan fingerprint density at radius 3 is 2.64 bits per heavy atom. The van der Waals surface area contributed by atoms with Crippen LogP contribution in [0, 0.1) is 0 Å². The van der Waals surface area contributed by atoms with Crippen LogP contribution in [-0.2, 0) is 16.0 Å². The van der Waals surface area contributed by atoms with Crippen molar-refractivity contribution in [1.82, 2.24) is 10.6 Å². The van der Waals surface area contributed by atoms with Crippen molar-refractivity contribution in [2.24, 2.45) is 4.99 Å². The number of ether oxygens (including phenoxy) is 3. The lowest BCUT2D eigenvalue weighted by atomic mass is 10.2. The molecule has 0 radical (unpaired) electrons. The van der Waals surface area contributed by atoms with Gasteiger partial charge in [0.2, 0.25) is 0 Å². The number of rotatable bonds is 12. The molecule has 0 amide bonds. The predicted octanol–water partition coefficient (Wildman–Crippen LogP) is 2.40. The van der Waals surface area contributed by atoms with Crippen LogP contribution < -0.4 is 15.4 Å². The van der Waals surface area contributed by atoms with Crippen LogP contribution in [0.1, 0.15) is 18.4 Å². The standard InChI is InChI=1S/C17H27F2N3O3/c1-20-17(21-9-5-6-10-24-12-11-23-2)22-13-14-7-3-4-8-15(14)25-16(18)19/h3-4,7-8,16H,5-6,9-13H2,1-2H3,(H2,20,21,22). The number of halogens is 2. The normalized spacial score (nSPS) is 11.6. The summed E-state index contributed by atoms with van der Waals surface area (Å²) in [6, 6.07) is 6.68. The van der Waals surface area contributed by atoms with Crippen LogP contribution >= 0.6 is 0 Å². The van der Waals surface area contributed by atoms with Crippen LogP contribution in [0.15, 0.2) is 29.3 Å². The van der Waals surface area contributed by atoms with Crippen molar-refractivity contribution in [3.05, 3.63) is 29.8 Å². The number of nitrogens with zero attached hydrogens (tertiary/aromatic N) is 1. The van der Waals surface area contributed by atoms with Crippen LogP contribution in [0.3, 0.4) is 0 Å². The van der Waals surface area contributed by atoms with E-state index in [1.807, 2.05) is 0 Å². The van der Waals surface area contributed by atoms with Gasteiger partial charge in [-0.2, -0.15) is 8.78 Å². The summed E-state index contributed by atoms with van der Waals surface area (Å²) >= 11 is 0. The van der Waals surface area contributed by atoms with E-state index in [0.29, 0.717) is 37.9 Å². The summed E-state index contributed by atoms with van der Waals surface area (Å²) < 4.78 is 39.6. The third kappa shape index (κ3) is 9.83. The number of guanidine groups is 1. The summed E-state index contributed by atoms with van der Waals surface area (Å²) in [5.41, 5.74) is 0.636. The van der Waals surface area contributed by atoms with E-state index in [1.165, 1.54) is 6.07 Å². The maximum absolute atomic E-state index is 12.4. The monoisotopic (exact) mass is 359 g/mol. The Labute approximate surface area is 147 Å². The van der Waals surface area contributed by atoms with E-state index < -0.39 is 6.61 Å². The summed E-state index contributed by atoms with van der Waals surface area (Å²) in [6.45, 7) is 0.129. The third-order valence-corrected chi connectivity index (χ3v) is 3.30. The molecule has 0 atom stereocenters. The highest BCUT2D eigenvalue weighted by Gasteiger charge is 2.09. The summed E-state index contributed by atoms with van der Waals surface area (Å²) in [5, 5.41) is 6.26. The molecule has 2 N–H and O–H groups in total. The second-order valence-electron chi connectivity index (χ2n) is 5.15. The van der Waals surface area contributed by atoms with Crippen LogP contribution in [0.25, 0.3) is 0 Å². The number of para-hydroxylation sites is 1. The second-order valence-corrected chi connectivity index (χ2v) is 5.15. The van der Waals surface area contributed by atoms with E-state index >= 15 is 0 Å². The van der Waals surface area contributed by atoms with E-state index in [-0.39, 0.29) is 5.75 Å². The molecule has 142 valence electrons. The molecule has 0 bridgehead atoms. The van der Waals surface area contributed by atoms with Crippen LogP contribution in [-0.4, -0.2) is 53.1 Å². The molecule has 0 fully saturated rings. The number of hydrogen-bond acceptors (Lipinski definition) is 4. The average molecular weight is 359 g/mol. The lowest BCUT2D eigenvalue weighted by Crippen LogP contribution is -2.37. The van der Waals surface area contributed by atoms with E-state index in [1.54, 1.807) is 32.4 Å². The lowest BCUT2D eigenvalue weighted by Gasteiger charge is -2.14. The fourth-order valence-corrected chi connectivity index (χ4v) is 2.04. The quantitative estimate of drug-likeness (QED) is 0.341. The van der Waals surface area contributed by atoms with E-state index in [4.69, 9.17) is 9.47 Å². The molecule has 1 aromatic rings. The molecule has 25 heavy (non-hydrogen) atoms. The maximum atomic E-state index is 12.4. The first-order chi connectivity index (χ1) is 12.2. The van der Waals surface area contributed by atoms with Gasteiger partial charge in [-0.3, -0.25) is 4.99 Å². The van der Waals surface area contributed by atoms with Gasteiger partial charge in [0.25, 0.3) is 0 Å². The van der Waals surface area contributed by atoms with Crippen LogP contribution in [0.2, 0.25) is 0 Å². The molecule has 0 saturated carbocycles. The second kappa shape index (κ2) is 13.4. The van der Waals surface area contributed by atoms with Gasteiger partial charge in [-0.25, -0.2) is 0 Å². The predicted molar refractivity (Wildman–Crippen MR) is 93.2 cm³/mol. The average Bonchev–Trinajstić information content (AvgIpc) is 2.60. The Balaban J connectivity index is 2.26. The van der Waals surface area contributed by atoms with Gasteiger partial charge in [0.05, 0.1) is 13.2 Å². The highest BCUT2D eigenvalue weighted by Crippen LogP contribution is 2.19. The topological polar surface area (TPSA) is 64.1 Å². The Hall–Kier alpha value is -1.93. The van der Waals surface area contributed by atoms with E-state index in [2.05, 4.69) is 20.4 Å². The van der Waals surface area contributed by atoms with Crippen molar-refractivity contribution >= 4 is 5.96 Å². The summed E-state index contributed by atoms with van der Waals surface area (Å²) in [4.78, 5) is 4.11. The zero-order valence-corrected chi connectivity index (χ0v) is 14.8. The van der Waals surface area contributed by atoms with Crippen molar-refractivity contribution in [3.63, 3.8) is 0 Å². The van der Waals surface area contributed by atoms with E-state index in [9.17, 15) is 8.78 Å². The van der Waals surface area contributed by atoms with Gasteiger partial charge in [0.15, 0.2) is 5.96 Å². The van der Waals surface area contributed by atoms with Crippen molar-refractivity contribution in [2.75, 3.05) is 40.5 Å². The van der Waals surface area contributed by atoms with Gasteiger partial charge in [0.1, 0.15) is 5.75 Å². The number of alkyl halides is 2. The fourth-order valence-electron chi connectivity index (χ4n) is 2.04. The first-order valence-corrected chi connectivity index (χ1v) is 8.21. The van der Waals surface area contributed by atoms with Crippen molar-refractivity contribution in [2.45, 2.75) is 26.0 Å². The summed E-state index contributed by atoms with van der Waals surface area (Å²) in [7, 11) is 3.30. The number of benzene rings is 1. The maximum Gasteiger partial charge on any atom is 0.387 e. The van der Waals surface area contributed by atoms with Gasteiger partial charge in [-0.15, -0.1) is 0 Å². The number of hydrogen-bond donors (Lipinski definition) is 2. The molecule has 1 rings (SSSR count). The SMILES string of the molecule is CN=C(NCCCCOCCOC)NCc1ccccc1OC(F)F. The Bertz CT molecular complexity index is 502. The zero-order valence-electron chi connectivity index (χ0n) is 14.8.